The van der Waals surface area contributed by atoms with Gasteiger partial charge < -0.3 is 10.2 Å². The lowest BCUT2D eigenvalue weighted by atomic mass is 9.63. The van der Waals surface area contributed by atoms with Crippen LogP contribution in [0.15, 0.2) is 36.4 Å². The summed E-state index contributed by atoms with van der Waals surface area (Å²) in [5.41, 5.74) is 5.89. The summed E-state index contributed by atoms with van der Waals surface area (Å²) in [4.78, 5) is 7.64. The SMILES string of the molecule is CC1(C)CCC(C)(C)c2cc(-c3cccc(N4CCC(NC5CCCCC5)CC4)n3)ccc21. The van der Waals surface area contributed by atoms with Crippen LogP contribution in [0.1, 0.15) is 96.6 Å². The van der Waals surface area contributed by atoms with Gasteiger partial charge in [-0.3, -0.25) is 0 Å². The van der Waals surface area contributed by atoms with Crippen LogP contribution >= 0.6 is 0 Å². The maximum atomic E-state index is 5.15. The number of fused-ring (bicyclic) bond motifs is 1. The third kappa shape index (κ3) is 4.85. The Hall–Kier alpha value is -1.87. The molecule has 2 fully saturated rings. The number of pyridine rings is 1. The summed E-state index contributed by atoms with van der Waals surface area (Å²) in [6, 6.07) is 15.1. The van der Waals surface area contributed by atoms with Crippen molar-refractivity contribution in [3.8, 4) is 11.3 Å². The molecule has 1 aromatic carbocycles. The van der Waals surface area contributed by atoms with Gasteiger partial charge >= 0.3 is 0 Å². The third-order valence-corrected chi connectivity index (χ3v) is 8.78. The summed E-state index contributed by atoms with van der Waals surface area (Å²) in [6.07, 6.45) is 11.9. The highest BCUT2D eigenvalue weighted by Crippen LogP contribution is 2.46. The van der Waals surface area contributed by atoms with Gasteiger partial charge in [0.05, 0.1) is 5.69 Å². The number of rotatable bonds is 4. The van der Waals surface area contributed by atoms with E-state index in [0.29, 0.717) is 6.04 Å². The smallest absolute Gasteiger partial charge is 0.129 e. The number of nitrogens with one attached hydrogen (secondary N) is 1. The van der Waals surface area contributed by atoms with Crippen molar-refractivity contribution in [2.75, 3.05) is 18.0 Å². The Labute approximate surface area is 201 Å². The number of benzene rings is 1. The maximum Gasteiger partial charge on any atom is 0.129 e. The molecule has 5 rings (SSSR count). The molecule has 1 aliphatic heterocycles. The van der Waals surface area contributed by atoms with Crippen molar-refractivity contribution < 1.29 is 0 Å². The minimum atomic E-state index is 0.228. The van der Waals surface area contributed by atoms with E-state index in [9.17, 15) is 0 Å². The zero-order valence-corrected chi connectivity index (χ0v) is 21.3. The largest absolute Gasteiger partial charge is 0.356 e. The molecule has 0 atom stereocenters. The molecule has 3 nitrogen and oxygen atoms in total. The Morgan fingerprint density at radius 2 is 1.45 bits per heavy atom. The second-order valence-corrected chi connectivity index (χ2v) is 12.2. The molecule has 0 spiro atoms. The normalized spacial score (nSPS) is 23.3. The van der Waals surface area contributed by atoms with E-state index in [0.717, 1.165) is 30.6 Å². The maximum absolute atomic E-state index is 5.15. The van der Waals surface area contributed by atoms with Gasteiger partial charge in [0.2, 0.25) is 0 Å². The van der Waals surface area contributed by atoms with Crippen molar-refractivity contribution >= 4 is 5.82 Å². The lowest BCUT2D eigenvalue weighted by Crippen LogP contribution is -2.47. The van der Waals surface area contributed by atoms with Crippen LogP contribution in [0.25, 0.3) is 11.3 Å². The zero-order chi connectivity index (χ0) is 23.1. The summed E-state index contributed by atoms with van der Waals surface area (Å²) in [6.45, 7) is 11.8. The molecule has 1 aromatic heterocycles. The Morgan fingerprint density at radius 1 is 0.788 bits per heavy atom. The molecule has 0 radical (unpaired) electrons. The van der Waals surface area contributed by atoms with E-state index >= 15 is 0 Å². The minimum absolute atomic E-state index is 0.228. The van der Waals surface area contributed by atoms with Crippen LogP contribution in [-0.4, -0.2) is 30.2 Å². The number of aromatic nitrogens is 1. The molecule has 178 valence electrons. The average Bonchev–Trinajstić information content (AvgIpc) is 2.83. The van der Waals surface area contributed by atoms with Gasteiger partial charge in [-0.05, 0) is 78.7 Å². The monoisotopic (exact) mass is 445 g/mol. The molecular weight excluding hydrogens is 402 g/mol. The van der Waals surface area contributed by atoms with Gasteiger partial charge in [-0.15, -0.1) is 0 Å². The molecule has 0 bridgehead atoms. The second-order valence-electron chi connectivity index (χ2n) is 12.2. The lowest BCUT2D eigenvalue weighted by Gasteiger charge is -2.42. The van der Waals surface area contributed by atoms with Crippen LogP contribution in [0.3, 0.4) is 0 Å². The quantitative estimate of drug-likeness (QED) is 0.550. The minimum Gasteiger partial charge on any atom is -0.356 e. The standard InChI is InChI=1S/C30H43N3/c1-29(2)17-18-30(3,4)26-21-22(13-14-25(26)29)27-11-8-12-28(32-27)33-19-15-24(16-20-33)31-23-9-6-5-7-10-23/h8,11-14,21,23-24,31H,5-7,9-10,15-20H2,1-4H3. The molecule has 3 aliphatic rings. The summed E-state index contributed by atoms with van der Waals surface area (Å²) in [5, 5.41) is 3.96. The van der Waals surface area contributed by atoms with Gasteiger partial charge in [0.25, 0.3) is 0 Å². The van der Waals surface area contributed by atoms with Gasteiger partial charge in [-0.2, -0.15) is 0 Å². The molecule has 33 heavy (non-hydrogen) atoms. The zero-order valence-electron chi connectivity index (χ0n) is 21.3. The lowest BCUT2D eigenvalue weighted by molar-refractivity contribution is 0.307. The molecule has 1 saturated carbocycles. The number of piperidine rings is 1. The van der Waals surface area contributed by atoms with Gasteiger partial charge in [-0.25, -0.2) is 4.98 Å². The predicted molar refractivity (Wildman–Crippen MR) is 140 cm³/mol. The Balaban J connectivity index is 1.30. The van der Waals surface area contributed by atoms with Crippen LogP contribution in [0, 0.1) is 0 Å². The van der Waals surface area contributed by atoms with E-state index in [1.165, 1.54) is 74.5 Å². The van der Waals surface area contributed by atoms with E-state index in [1.54, 1.807) is 0 Å². The summed E-state index contributed by atoms with van der Waals surface area (Å²) in [7, 11) is 0. The van der Waals surface area contributed by atoms with Crippen molar-refractivity contribution in [2.45, 2.75) is 108 Å². The van der Waals surface area contributed by atoms with Crippen LogP contribution < -0.4 is 10.2 Å². The molecule has 2 aliphatic carbocycles. The van der Waals surface area contributed by atoms with E-state index in [2.05, 4.69) is 74.3 Å². The molecule has 3 heteroatoms. The molecular formula is C30H43N3. The fourth-order valence-corrected chi connectivity index (χ4v) is 6.39. The fraction of sp³-hybridized carbons (Fsp3) is 0.633. The van der Waals surface area contributed by atoms with E-state index in [-0.39, 0.29) is 10.8 Å². The van der Waals surface area contributed by atoms with Crippen molar-refractivity contribution in [3.63, 3.8) is 0 Å². The van der Waals surface area contributed by atoms with Crippen molar-refractivity contribution in [2.24, 2.45) is 0 Å². The molecule has 2 aromatic rings. The first-order valence-electron chi connectivity index (χ1n) is 13.5. The molecule has 0 amide bonds. The van der Waals surface area contributed by atoms with Crippen LogP contribution in [0.4, 0.5) is 5.82 Å². The second kappa shape index (κ2) is 9.06. The van der Waals surface area contributed by atoms with Gasteiger partial charge in [0.1, 0.15) is 5.82 Å². The number of anilines is 1. The highest BCUT2D eigenvalue weighted by molar-refractivity contribution is 5.65. The van der Waals surface area contributed by atoms with Crippen molar-refractivity contribution in [1.29, 1.82) is 0 Å². The highest BCUT2D eigenvalue weighted by atomic mass is 15.2. The van der Waals surface area contributed by atoms with E-state index in [1.807, 2.05) is 0 Å². The third-order valence-electron chi connectivity index (χ3n) is 8.78. The van der Waals surface area contributed by atoms with Gasteiger partial charge in [0.15, 0.2) is 0 Å². The summed E-state index contributed by atoms with van der Waals surface area (Å²) < 4.78 is 0. The Kier molecular flexibility index (Phi) is 6.29. The molecule has 1 N–H and O–H groups in total. The van der Waals surface area contributed by atoms with Gasteiger partial charge in [0, 0.05) is 30.7 Å². The first kappa shape index (κ1) is 22.9. The van der Waals surface area contributed by atoms with Crippen LogP contribution in [-0.2, 0) is 10.8 Å². The Morgan fingerprint density at radius 3 is 2.18 bits per heavy atom. The van der Waals surface area contributed by atoms with Crippen molar-refractivity contribution in [3.05, 3.63) is 47.5 Å². The Bertz CT molecular complexity index is 962. The predicted octanol–water partition coefficient (Wildman–Crippen LogP) is 6.99. The first-order chi connectivity index (χ1) is 15.8. The first-order valence-corrected chi connectivity index (χ1v) is 13.5. The van der Waals surface area contributed by atoms with E-state index in [4.69, 9.17) is 4.98 Å². The number of hydrogen-bond donors (Lipinski definition) is 1. The summed E-state index contributed by atoms with van der Waals surface area (Å²) in [5.74, 6) is 1.14. The van der Waals surface area contributed by atoms with Gasteiger partial charge in [-0.1, -0.05) is 65.2 Å². The van der Waals surface area contributed by atoms with Crippen LogP contribution in [0.5, 0.6) is 0 Å². The highest BCUT2D eigenvalue weighted by Gasteiger charge is 2.37. The molecule has 2 heterocycles. The van der Waals surface area contributed by atoms with E-state index < -0.39 is 0 Å². The molecule has 0 unspecified atom stereocenters. The fourth-order valence-electron chi connectivity index (χ4n) is 6.39. The average molecular weight is 446 g/mol. The van der Waals surface area contributed by atoms with Crippen molar-refractivity contribution in [1.82, 2.24) is 10.3 Å². The topological polar surface area (TPSA) is 28.2 Å². The van der Waals surface area contributed by atoms with Crippen LogP contribution in [0.2, 0.25) is 0 Å². The number of hydrogen-bond acceptors (Lipinski definition) is 3. The number of nitrogens with zero attached hydrogens (tertiary/aromatic N) is 2. The summed E-state index contributed by atoms with van der Waals surface area (Å²) >= 11 is 0. The molecule has 1 saturated heterocycles.